The number of rotatable bonds is 8. The van der Waals surface area contributed by atoms with Crippen LogP contribution in [0.4, 0.5) is 5.88 Å². The number of aromatic nitrogens is 1. The Morgan fingerprint density at radius 3 is 2.41 bits per heavy atom. The van der Waals surface area contributed by atoms with Gasteiger partial charge in [0.1, 0.15) is 17.6 Å². The van der Waals surface area contributed by atoms with Gasteiger partial charge in [0, 0.05) is 32.3 Å². The molecule has 0 saturated carbocycles. The Morgan fingerprint density at radius 2 is 1.74 bits per heavy atom. The predicted molar refractivity (Wildman–Crippen MR) is 128 cm³/mol. The van der Waals surface area contributed by atoms with Gasteiger partial charge in [0.05, 0.1) is 6.61 Å². The van der Waals surface area contributed by atoms with Gasteiger partial charge in [0.2, 0.25) is 17.5 Å². The van der Waals surface area contributed by atoms with Gasteiger partial charge in [-0.25, -0.2) is 0 Å². The van der Waals surface area contributed by atoms with Crippen molar-refractivity contribution in [1.82, 2.24) is 9.88 Å². The zero-order valence-electron chi connectivity index (χ0n) is 19.0. The molecule has 8 nitrogen and oxygen atoms in total. The van der Waals surface area contributed by atoms with Gasteiger partial charge in [-0.1, -0.05) is 30.3 Å². The summed E-state index contributed by atoms with van der Waals surface area (Å²) in [5.74, 6) is 2.20. The van der Waals surface area contributed by atoms with Crippen LogP contribution in [0.1, 0.15) is 24.1 Å². The summed E-state index contributed by atoms with van der Waals surface area (Å²) in [5, 5.41) is 9.53. The highest BCUT2D eigenvalue weighted by atomic mass is 16.5. The molecule has 0 bridgehead atoms. The maximum Gasteiger partial charge on any atom is 0.260 e. The van der Waals surface area contributed by atoms with Crippen molar-refractivity contribution < 1.29 is 18.7 Å². The van der Waals surface area contributed by atoms with Crippen LogP contribution in [0.5, 0.6) is 11.5 Å². The molecule has 0 atom stereocenters. The van der Waals surface area contributed by atoms with Crippen LogP contribution in [0.25, 0.3) is 12.2 Å². The molecule has 1 aromatic heterocycles. The van der Waals surface area contributed by atoms with Gasteiger partial charge in [0.25, 0.3) is 5.91 Å². The van der Waals surface area contributed by atoms with Crippen LogP contribution >= 0.6 is 0 Å². The summed E-state index contributed by atoms with van der Waals surface area (Å²) in [6.45, 7) is 4.68. The van der Waals surface area contributed by atoms with Crippen molar-refractivity contribution >= 4 is 23.9 Å². The smallest absolute Gasteiger partial charge is 0.260 e. The number of benzene rings is 2. The molecule has 1 fully saturated rings. The molecule has 1 aliphatic heterocycles. The second-order valence-corrected chi connectivity index (χ2v) is 7.62. The van der Waals surface area contributed by atoms with Crippen LogP contribution in [-0.2, 0) is 4.79 Å². The first-order valence-corrected chi connectivity index (χ1v) is 11.2. The fraction of sp³-hybridized carbons (Fsp3) is 0.269. The number of hydrogen-bond acceptors (Lipinski definition) is 7. The van der Waals surface area contributed by atoms with Gasteiger partial charge in [0.15, 0.2) is 6.61 Å². The van der Waals surface area contributed by atoms with Crippen molar-refractivity contribution in [2.75, 3.05) is 44.3 Å². The summed E-state index contributed by atoms with van der Waals surface area (Å²) in [6.07, 6.45) is 3.61. The zero-order chi connectivity index (χ0) is 23.8. The zero-order valence-corrected chi connectivity index (χ0v) is 19.0. The van der Waals surface area contributed by atoms with Crippen LogP contribution in [0, 0.1) is 11.3 Å². The molecule has 174 valence electrons. The summed E-state index contributed by atoms with van der Waals surface area (Å²) in [6, 6.07) is 19.1. The standard InChI is InChI=1S/C26H26N4O4/c1-2-32-22-11-8-20(9-12-22)10-13-24-28-23(18-27)26(34-24)30-16-14-29(15-17-30)25(31)19-33-21-6-4-3-5-7-21/h3-13H,2,14-17,19H2,1H3/b13-10+. The molecule has 2 aromatic carbocycles. The largest absolute Gasteiger partial charge is 0.494 e. The highest BCUT2D eigenvalue weighted by Crippen LogP contribution is 2.24. The number of nitriles is 1. The second kappa shape index (κ2) is 11.1. The molecule has 4 rings (SSSR count). The third-order valence-corrected chi connectivity index (χ3v) is 5.37. The van der Waals surface area contributed by atoms with E-state index in [0.29, 0.717) is 50.3 Å². The average Bonchev–Trinajstić information content (AvgIpc) is 3.31. The molecule has 34 heavy (non-hydrogen) atoms. The van der Waals surface area contributed by atoms with Gasteiger partial charge in [-0.2, -0.15) is 10.2 Å². The highest BCUT2D eigenvalue weighted by Gasteiger charge is 2.26. The molecule has 1 saturated heterocycles. The van der Waals surface area contributed by atoms with Crippen LogP contribution in [0.2, 0.25) is 0 Å². The van der Waals surface area contributed by atoms with E-state index in [1.165, 1.54) is 0 Å². The lowest BCUT2D eigenvalue weighted by atomic mass is 10.2. The molecular weight excluding hydrogens is 432 g/mol. The maximum absolute atomic E-state index is 12.5. The fourth-order valence-electron chi connectivity index (χ4n) is 3.61. The number of hydrogen-bond donors (Lipinski definition) is 0. The molecule has 2 heterocycles. The monoisotopic (exact) mass is 458 g/mol. The number of oxazole rings is 1. The topological polar surface area (TPSA) is 91.8 Å². The first-order valence-electron chi connectivity index (χ1n) is 11.2. The van der Waals surface area contributed by atoms with E-state index in [-0.39, 0.29) is 18.2 Å². The van der Waals surface area contributed by atoms with Gasteiger partial charge in [-0.3, -0.25) is 4.79 Å². The molecule has 3 aromatic rings. The number of carbonyl (C=O) groups excluding carboxylic acids is 1. The van der Waals surface area contributed by atoms with Crippen molar-refractivity contribution in [3.05, 3.63) is 71.7 Å². The second-order valence-electron chi connectivity index (χ2n) is 7.62. The normalized spacial score (nSPS) is 13.6. The van der Waals surface area contributed by atoms with E-state index in [4.69, 9.17) is 13.9 Å². The quantitative estimate of drug-likeness (QED) is 0.506. The lowest BCUT2D eigenvalue weighted by molar-refractivity contribution is -0.133. The Bertz CT molecular complexity index is 1160. The van der Waals surface area contributed by atoms with Crippen molar-refractivity contribution in [2.45, 2.75) is 6.92 Å². The molecule has 0 unspecified atom stereocenters. The van der Waals surface area contributed by atoms with E-state index in [0.717, 1.165) is 11.3 Å². The van der Waals surface area contributed by atoms with E-state index in [1.54, 1.807) is 11.0 Å². The Morgan fingerprint density at radius 1 is 1.03 bits per heavy atom. The number of amides is 1. The molecule has 0 radical (unpaired) electrons. The minimum Gasteiger partial charge on any atom is -0.494 e. The molecule has 0 spiro atoms. The van der Waals surface area contributed by atoms with Crippen LogP contribution in [-0.4, -0.2) is 55.2 Å². The van der Waals surface area contributed by atoms with Gasteiger partial charge >= 0.3 is 0 Å². The molecular formula is C26H26N4O4. The molecule has 0 N–H and O–H groups in total. The van der Waals surface area contributed by atoms with Gasteiger partial charge in [-0.05, 0) is 42.8 Å². The van der Waals surface area contributed by atoms with Crippen molar-refractivity contribution in [2.24, 2.45) is 0 Å². The number of anilines is 1. The van der Waals surface area contributed by atoms with Crippen LogP contribution in [0.3, 0.4) is 0 Å². The van der Waals surface area contributed by atoms with E-state index in [2.05, 4.69) is 11.1 Å². The summed E-state index contributed by atoms with van der Waals surface area (Å²) >= 11 is 0. The SMILES string of the molecule is CCOc1ccc(/C=C/c2nc(C#N)c(N3CCN(C(=O)COc4ccccc4)CC3)o2)cc1. The minimum atomic E-state index is -0.0689. The number of ether oxygens (including phenoxy) is 2. The molecule has 0 aliphatic carbocycles. The highest BCUT2D eigenvalue weighted by molar-refractivity contribution is 5.78. The van der Waals surface area contributed by atoms with Crippen molar-refractivity contribution in [3.8, 4) is 17.6 Å². The van der Waals surface area contributed by atoms with Crippen LogP contribution < -0.4 is 14.4 Å². The average molecular weight is 459 g/mol. The van der Waals surface area contributed by atoms with Crippen molar-refractivity contribution in [3.63, 3.8) is 0 Å². The first-order chi connectivity index (χ1) is 16.7. The van der Waals surface area contributed by atoms with E-state index in [9.17, 15) is 10.1 Å². The molecule has 1 amide bonds. The lowest BCUT2D eigenvalue weighted by Gasteiger charge is -2.34. The van der Waals surface area contributed by atoms with E-state index >= 15 is 0 Å². The van der Waals surface area contributed by atoms with Gasteiger partial charge in [-0.15, -0.1) is 0 Å². The summed E-state index contributed by atoms with van der Waals surface area (Å²) in [7, 11) is 0. The summed E-state index contributed by atoms with van der Waals surface area (Å²) in [5.41, 5.74) is 1.20. The Hall–Kier alpha value is -4.25. The Labute approximate surface area is 198 Å². The number of carbonyl (C=O) groups is 1. The summed E-state index contributed by atoms with van der Waals surface area (Å²) < 4.78 is 16.9. The summed E-state index contributed by atoms with van der Waals surface area (Å²) in [4.78, 5) is 20.5. The van der Waals surface area contributed by atoms with Gasteiger partial charge < -0.3 is 23.7 Å². The number of para-hydroxylation sites is 1. The number of piperazine rings is 1. The Balaban J connectivity index is 1.34. The first kappa shape index (κ1) is 22.9. The lowest BCUT2D eigenvalue weighted by Crippen LogP contribution is -2.50. The molecule has 8 heteroatoms. The van der Waals surface area contributed by atoms with Crippen molar-refractivity contribution in [1.29, 1.82) is 5.26 Å². The fourth-order valence-corrected chi connectivity index (χ4v) is 3.61. The third kappa shape index (κ3) is 5.75. The Kier molecular flexibility index (Phi) is 7.45. The molecule has 1 aliphatic rings. The maximum atomic E-state index is 12.5. The van der Waals surface area contributed by atoms with Crippen LogP contribution in [0.15, 0.2) is 59.0 Å². The number of nitrogens with zero attached hydrogens (tertiary/aromatic N) is 4. The van der Waals surface area contributed by atoms with E-state index in [1.807, 2.05) is 72.5 Å². The third-order valence-electron chi connectivity index (χ3n) is 5.37. The van der Waals surface area contributed by atoms with E-state index < -0.39 is 0 Å². The predicted octanol–water partition coefficient (Wildman–Crippen LogP) is 3.84. The minimum absolute atomic E-state index is 0.00371.